The highest BCUT2D eigenvalue weighted by atomic mass is 32.1. The minimum Gasteiger partial charge on any atom is -0.394 e. The fourth-order valence-corrected chi connectivity index (χ4v) is 6.50. The first-order valence-electron chi connectivity index (χ1n) is 16.9. The number of rotatable bonds is 18. The van der Waals surface area contributed by atoms with Crippen LogP contribution in [-0.4, -0.2) is 182 Å². The van der Waals surface area contributed by atoms with Crippen LogP contribution in [-0.2, 0) is 33.2 Å². The van der Waals surface area contributed by atoms with Crippen molar-refractivity contribution < 1.29 is 79.1 Å². The summed E-state index contributed by atoms with van der Waals surface area (Å²) in [5.74, 6) is 0.743. The lowest BCUT2D eigenvalue weighted by Crippen LogP contribution is -2.68. The number of aliphatic hydroxyl groups excluding tert-OH is 9. The number of hydrogen-bond donors (Lipinski definition) is 10. The first-order chi connectivity index (χ1) is 22.8. The molecular weight excluding hydrogens is 660 g/mol. The lowest BCUT2D eigenvalue weighted by Gasteiger charge is -2.50. The Morgan fingerprint density at radius 3 is 1.71 bits per heavy atom. The van der Waals surface area contributed by atoms with Crippen LogP contribution in [0.15, 0.2) is 0 Å². The lowest BCUT2D eigenvalue weighted by molar-refractivity contribution is -0.380. The maximum Gasteiger partial charge on any atom is 0.187 e. The van der Waals surface area contributed by atoms with Crippen LogP contribution < -0.4 is 0 Å². The van der Waals surface area contributed by atoms with Crippen LogP contribution in [0.3, 0.4) is 0 Å². The second-order valence-corrected chi connectivity index (χ2v) is 13.6. The lowest BCUT2D eigenvalue weighted by atomic mass is 9.86. The van der Waals surface area contributed by atoms with Gasteiger partial charge in [0.1, 0.15) is 79.4 Å². The average Bonchev–Trinajstić information content (AvgIpc) is 3.06. The normalized spacial score (nSPS) is 41.2. The Balaban J connectivity index is 1.84. The van der Waals surface area contributed by atoms with Crippen molar-refractivity contribution in [1.82, 2.24) is 0 Å². The van der Waals surface area contributed by atoms with Crippen molar-refractivity contribution in [3.63, 3.8) is 0 Å². The average molecular weight is 719 g/mol. The summed E-state index contributed by atoms with van der Waals surface area (Å²) in [5, 5.41) is 96.2. The van der Waals surface area contributed by atoms with Gasteiger partial charge in [0.05, 0.1) is 31.5 Å². The summed E-state index contributed by atoms with van der Waals surface area (Å²) in [6, 6.07) is 0. The summed E-state index contributed by atoms with van der Waals surface area (Å²) in [6.07, 6.45) is -19.3. The SMILES string of the molecule is CCC(CC)OC1C(O)[C@H](O)C(CO)O[C@@H]1OC1C(O)[C@@H](OC2C(O)[C@@H](C(C)(C)OCCCCCS)OC(CO)[C@H]2O)OC(CO)[C@H]1O. The van der Waals surface area contributed by atoms with Crippen molar-refractivity contribution in [2.75, 3.05) is 32.2 Å². The maximum atomic E-state index is 11.4. The van der Waals surface area contributed by atoms with Gasteiger partial charge in [-0.05, 0) is 45.3 Å². The van der Waals surface area contributed by atoms with Gasteiger partial charge in [0.2, 0.25) is 0 Å². The van der Waals surface area contributed by atoms with E-state index in [2.05, 4.69) is 12.6 Å². The van der Waals surface area contributed by atoms with Gasteiger partial charge in [-0.3, -0.25) is 0 Å². The quantitative estimate of drug-likeness (QED) is 0.0524. The van der Waals surface area contributed by atoms with Gasteiger partial charge < -0.3 is 79.1 Å². The molecule has 0 amide bonds. The zero-order valence-electron chi connectivity index (χ0n) is 28.1. The molecule has 0 saturated carbocycles. The summed E-state index contributed by atoms with van der Waals surface area (Å²) in [5.41, 5.74) is -1.12. The molecule has 0 bridgehead atoms. The van der Waals surface area contributed by atoms with Gasteiger partial charge in [-0.15, -0.1) is 0 Å². The standard InChI is InChI=1S/C31H58O16S/c1-5-15(6-2)42-27-22(38)19(35)16(12-32)45-30(27)47-26-21(37)18(14-34)44-29(24(26)40)46-25-20(36)17(13-33)43-28(23(25)39)31(3,4)41-10-8-7-9-11-48/h15-30,32-40,48H,5-14H2,1-4H3/t16?,17?,18?,19-,20-,21-,22?,23?,24?,25?,26?,27?,28+,29-,30-/m1/s1. The molecule has 284 valence electrons. The highest BCUT2D eigenvalue weighted by molar-refractivity contribution is 7.80. The van der Waals surface area contributed by atoms with Crippen molar-refractivity contribution in [2.45, 2.75) is 163 Å². The summed E-state index contributed by atoms with van der Waals surface area (Å²) in [6.45, 7) is 5.34. The predicted molar refractivity (Wildman–Crippen MR) is 170 cm³/mol. The Kier molecular flexibility index (Phi) is 17.1. The molecule has 3 aliphatic rings. The van der Waals surface area contributed by atoms with E-state index in [0.717, 1.165) is 25.0 Å². The van der Waals surface area contributed by atoms with Crippen LogP contribution in [0.1, 0.15) is 59.8 Å². The summed E-state index contributed by atoms with van der Waals surface area (Å²) >= 11 is 4.21. The first-order valence-corrected chi connectivity index (χ1v) is 17.5. The van der Waals surface area contributed by atoms with Gasteiger partial charge in [-0.2, -0.15) is 12.6 Å². The minimum atomic E-state index is -1.85. The third kappa shape index (κ3) is 9.97. The first kappa shape index (κ1) is 42.1. The van der Waals surface area contributed by atoms with E-state index in [4.69, 9.17) is 33.2 Å². The molecule has 0 aromatic carbocycles. The van der Waals surface area contributed by atoms with Crippen LogP contribution in [0, 0.1) is 0 Å². The molecule has 16 nitrogen and oxygen atoms in total. The van der Waals surface area contributed by atoms with E-state index < -0.39 is 117 Å². The Morgan fingerprint density at radius 2 is 1.15 bits per heavy atom. The van der Waals surface area contributed by atoms with Crippen LogP contribution in [0.25, 0.3) is 0 Å². The molecule has 9 unspecified atom stereocenters. The van der Waals surface area contributed by atoms with Crippen molar-refractivity contribution in [3.05, 3.63) is 0 Å². The third-order valence-corrected chi connectivity index (χ3v) is 9.63. The Labute approximate surface area is 287 Å². The van der Waals surface area contributed by atoms with Crippen molar-refractivity contribution in [3.8, 4) is 0 Å². The molecule has 0 radical (unpaired) electrons. The molecule has 0 aliphatic carbocycles. The molecular formula is C31H58O16S. The Hall–Kier alpha value is -0.290. The monoisotopic (exact) mass is 718 g/mol. The molecule has 3 fully saturated rings. The summed E-state index contributed by atoms with van der Waals surface area (Å²) in [4.78, 5) is 0. The molecule has 17 heteroatoms. The Morgan fingerprint density at radius 1 is 0.625 bits per heavy atom. The van der Waals surface area contributed by atoms with Crippen molar-refractivity contribution >= 4 is 12.6 Å². The van der Waals surface area contributed by atoms with E-state index in [1.54, 1.807) is 13.8 Å². The van der Waals surface area contributed by atoms with Crippen LogP contribution in [0.2, 0.25) is 0 Å². The molecule has 3 rings (SSSR count). The van der Waals surface area contributed by atoms with Gasteiger partial charge in [0.25, 0.3) is 0 Å². The van der Waals surface area contributed by atoms with Crippen molar-refractivity contribution in [2.24, 2.45) is 0 Å². The zero-order valence-corrected chi connectivity index (χ0v) is 29.0. The Bertz CT molecular complexity index is 916. The van der Waals surface area contributed by atoms with Gasteiger partial charge in [-0.1, -0.05) is 20.3 Å². The highest BCUT2D eigenvalue weighted by Gasteiger charge is 2.56. The second kappa shape index (κ2) is 19.5. The van der Waals surface area contributed by atoms with Crippen LogP contribution >= 0.6 is 12.6 Å². The fourth-order valence-electron chi connectivity index (χ4n) is 6.28. The largest absolute Gasteiger partial charge is 0.394 e. The number of aliphatic hydroxyl groups is 9. The van der Waals surface area contributed by atoms with Gasteiger partial charge in [0, 0.05) is 6.61 Å². The van der Waals surface area contributed by atoms with E-state index >= 15 is 0 Å². The van der Waals surface area contributed by atoms with E-state index in [1.807, 2.05) is 13.8 Å². The molecule has 0 aromatic rings. The summed E-state index contributed by atoms with van der Waals surface area (Å²) < 4.78 is 41.2. The minimum absolute atomic E-state index is 0.346. The van der Waals surface area contributed by atoms with E-state index in [1.165, 1.54) is 0 Å². The highest BCUT2D eigenvalue weighted by Crippen LogP contribution is 2.36. The number of hydrogen-bond acceptors (Lipinski definition) is 17. The molecule has 48 heavy (non-hydrogen) atoms. The molecule has 3 saturated heterocycles. The molecule has 3 aliphatic heterocycles. The van der Waals surface area contributed by atoms with Gasteiger partial charge in [0.15, 0.2) is 12.6 Å². The second-order valence-electron chi connectivity index (χ2n) is 13.1. The smallest absolute Gasteiger partial charge is 0.187 e. The third-order valence-electron chi connectivity index (χ3n) is 9.32. The summed E-state index contributed by atoms with van der Waals surface area (Å²) in [7, 11) is 0. The topological polar surface area (TPSA) is 247 Å². The van der Waals surface area contributed by atoms with E-state index in [9.17, 15) is 46.0 Å². The molecule has 15 atom stereocenters. The van der Waals surface area contributed by atoms with Crippen LogP contribution in [0.5, 0.6) is 0 Å². The van der Waals surface area contributed by atoms with Crippen LogP contribution in [0.4, 0.5) is 0 Å². The molecule has 3 heterocycles. The number of ether oxygens (including phenoxy) is 7. The molecule has 0 aromatic heterocycles. The number of thiol groups is 1. The zero-order chi connectivity index (χ0) is 35.8. The number of unbranched alkanes of at least 4 members (excludes halogenated alkanes) is 2. The maximum absolute atomic E-state index is 11.4. The molecule has 9 N–H and O–H groups in total. The van der Waals surface area contributed by atoms with E-state index in [0.29, 0.717) is 19.4 Å². The molecule has 0 spiro atoms. The van der Waals surface area contributed by atoms with Gasteiger partial charge in [-0.25, -0.2) is 0 Å². The van der Waals surface area contributed by atoms with Gasteiger partial charge >= 0.3 is 0 Å². The van der Waals surface area contributed by atoms with Crippen molar-refractivity contribution in [1.29, 1.82) is 0 Å². The predicted octanol–water partition coefficient (Wildman–Crippen LogP) is -2.41. The van der Waals surface area contributed by atoms with E-state index in [-0.39, 0.29) is 6.10 Å². The fraction of sp³-hybridized carbons (Fsp3) is 1.00.